The van der Waals surface area contributed by atoms with Crippen LogP contribution in [0, 0.1) is 0 Å². The summed E-state index contributed by atoms with van der Waals surface area (Å²) in [5, 5.41) is 3.00. The Morgan fingerprint density at radius 3 is 2.56 bits per heavy atom. The molecule has 2 amide bonds. The standard InChI is InChI=1S/C20H25N3O2/c24-20(23-14-7-1-2-8-15-23)22-18-10-3-4-11-19(18)25-16-12-17-9-5-6-13-21-17/h3-6,9-11,13H,1-2,7-8,12,14-16H2,(H,22,24). The quantitative estimate of drug-likeness (QED) is 0.892. The van der Waals surface area contributed by atoms with Gasteiger partial charge in [-0.15, -0.1) is 0 Å². The van der Waals surface area contributed by atoms with E-state index in [9.17, 15) is 4.79 Å². The van der Waals surface area contributed by atoms with Gasteiger partial charge in [-0.3, -0.25) is 4.98 Å². The average Bonchev–Trinajstić information content (AvgIpc) is 2.93. The number of carbonyl (C=O) groups is 1. The number of rotatable bonds is 5. The molecule has 5 heteroatoms. The van der Waals surface area contributed by atoms with Crippen molar-refractivity contribution in [1.82, 2.24) is 9.88 Å². The topological polar surface area (TPSA) is 54.5 Å². The summed E-state index contributed by atoms with van der Waals surface area (Å²) < 4.78 is 5.88. The van der Waals surface area contributed by atoms with E-state index in [-0.39, 0.29) is 6.03 Å². The number of amides is 2. The molecule has 2 aromatic rings. The number of pyridine rings is 1. The zero-order valence-corrected chi connectivity index (χ0v) is 14.5. The molecule has 1 N–H and O–H groups in total. The fraction of sp³-hybridized carbons (Fsp3) is 0.400. The van der Waals surface area contributed by atoms with E-state index >= 15 is 0 Å². The Morgan fingerprint density at radius 1 is 1.04 bits per heavy atom. The first-order chi connectivity index (χ1) is 12.3. The Balaban J connectivity index is 1.57. The zero-order valence-electron chi connectivity index (χ0n) is 14.5. The Hall–Kier alpha value is -2.56. The summed E-state index contributed by atoms with van der Waals surface area (Å²) in [5.74, 6) is 0.696. The second-order valence-electron chi connectivity index (χ2n) is 6.25. The van der Waals surface area contributed by atoms with Crippen LogP contribution in [0.15, 0.2) is 48.7 Å². The largest absolute Gasteiger partial charge is 0.491 e. The Kier molecular flexibility index (Phi) is 6.26. The van der Waals surface area contributed by atoms with Gasteiger partial charge in [0.15, 0.2) is 0 Å². The van der Waals surface area contributed by atoms with Gasteiger partial charge in [0.05, 0.1) is 12.3 Å². The van der Waals surface area contributed by atoms with E-state index in [1.54, 1.807) is 6.20 Å². The number of hydrogen-bond acceptors (Lipinski definition) is 3. The molecule has 1 aliphatic heterocycles. The van der Waals surface area contributed by atoms with Gasteiger partial charge in [-0.2, -0.15) is 0 Å². The predicted octanol–water partition coefficient (Wildman–Crippen LogP) is 4.11. The summed E-state index contributed by atoms with van der Waals surface area (Å²) in [6.45, 7) is 2.18. The number of para-hydroxylation sites is 2. The van der Waals surface area contributed by atoms with E-state index in [1.165, 1.54) is 12.8 Å². The van der Waals surface area contributed by atoms with Crippen molar-refractivity contribution in [3.8, 4) is 5.75 Å². The lowest BCUT2D eigenvalue weighted by atomic mass is 10.2. The number of hydrogen-bond donors (Lipinski definition) is 1. The SMILES string of the molecule is O=C(Nc1ccccc1OCCc1ccccn1)N1CCCCCC1. The molecule has 0 bridgehead atoms. The molecule has 0 aliphatic carbocycles. The Morgan fingerprint density at radius 2 is 1.80 bits per heavy atom. The number of urea groups is 1. The van der Waals surface area contributed by atoms with Crippen LogP contribution in [-0.2, 0) is 6.42 Å². The van der Waals surface area contributed by atoms with Gasteiger partial charge in [0.25, 0.3) is 0 Å². The smallest absolute Gasteiger partial charge is 0.321 e. The Labute approximate surface area is 149 Å². The first-order valence-electron chi connectivity index (χ1n) is 9.00. The van der Waals surface area contributed by atoms with Gasteiger partial charge in [-0.05, 0) is 37.1 Å². The fourth-order valence-electron chi connectivity index (χ4n) is 2.98. The molecule has 3 rings (SSSR count). The molecule has 0 spiro atoms. The van der Waals surface area contributed by atoms with Crippen molar-refractivity contribution < 1.29 is 9.53 Å². The van der Waals surface area contributed by atoms with Crippen molar-refractivity contribution in [3.63, 3.8) is 0 Å². The summed E-state index contributed by atoms with van der Waals surface area (Å²) >= 11 is 0. The maximum Gasteiger partial charge on any atom is 0.321 e. The van der Waals surface area contributed by atoms with Crippen molar-refractivity contribution in [2.24, 2.45) is 0 Å². The molecule has 132 valence electrons. The molecule has 1 fully saturated rings. The van der Waals surface area contributed by atoms with Crippen LogP contribution in [0.5, 0.6) is 5.75 Å². The average molecular weight is 339 g/mol. The maximum atomic E-state index is 12.5. The molecule has 2 heterocycles. The minimum absolute atomic E-state index is 0.0392. The predicted molar refractivity (Wildman–Crippen MR) is 98.9 cm³/mol. The third kappa shape index (κ3) is 5.21. The van der Waals surface area contributed by atoms with Crippen LogP contribution in [-0.4, -0.2) is 35.6 Å². The van der Waals surface area contributed by atoms with E-state index in [0.717, 1.165) is 43.7 Å². The third-order valence-electron chi connectivity index (χ3n) is 4.36. The second kappa shape index (κ2) is 9.06. The second-order valence-corrected chi connectivity index (χ2v) is 6.25. The van der Waals surface area contributed by atoms with Crippen molar-refractivity contribution >= 4 is 11.7 Å². The lowest BCUT2D eigenvalue weighted by Crippen LogP contribution is -2.35. The molecule has 1 aromatic heterocycles. The van der Waals surface area contributed by atoms with Gasteiger partial charge < -0.3 is 15.0 Å². The number of nitrogens with zero attached hydrogens (tertiary/aromatic N) is 2. The molecular formula is C20H25N3O2. The minimum atomic E-state index is -0.0392. The van der Waals surface area contributed by atoms with E-state index in [2.05, 4.69) is 10.3 Å². The van der Waals surface area contributed by atoms with Crippen LogP contribution >= 0.6 is 0 Å². The maximum absolute atomic E-state index is 12.5. The summed E-state index contributed by atoms with van der Waals surface area (Å²) in [6.07, 6.45) is 7.08. The van der Waals surface area contributed by atoms with Crippen LogP contribution in [0.3, 0.4) is 0 Å². The molecular weight excluding hydrogens is 314 g/mol. The number of likely N-dealkylation sites (tertiary alicyclic amines) is 1. The van der Waals surface area contributed by atoms with Crippen LogP contribution < -0.4 is 10.1 Å². The highest BCUT2D eigenvalue weighted by Crippen LogP contribution is 2.24. The molecule has 5 nitrogen and oxygen atoms in total. The fourth-order valence-corrected chi connectivity index (χ4v) is 2.98. The normalized spacial score (nSPS) is 14.6. The van der Waals surface area contributed by atoms with Crippen LogP contribution in [0.1, 0.15) is 31.4 Å². The van der Waals surface area contributed by atoms with E-state index in [4.69, 9.17) is 4.74 Å². The molecule has 0 saturated carbocycles. The van der Waals surface area contributed by atoms with Crippen molar-refractivity contribution in [2.45, 2.75) is 32.1 Å². The van der Waals surface area contributed by atoms with Gasteiger partial charge in [0.1, 0.15) is 5.75 Å². The van der Waals surface area contributed by atoms with Gasteiger partial charge in [-0.1, -0.05) is 31.0 Å². The van der Waals surface area contributed by atoms with Gasteiger partial charge in [-0.25, -0.2) is 4.79 Å². The summed E-state index contributed by atoms with van der Waals surface area (Å²) in [5.41, 5.74) is 1.71. The minimum Gasteiger partial charge on any atom is -0.491 e. The number of anilines is 1. The number of carbonyl (C=O) groups excluding carboxylic acids is 1. The van der Waals surface area contributed by atoms with Crippen LogP contribution in [0.25, 0.3) is 0 Å². The van der Waals surface area contributed by atoms with Gasteiger partial charge in [0.2, 0.25) is 0 Å². The highest BCUT2D eigenvalue weighted by atomic mass is 16.5. The summed E-state index contributed by atoms with van der Waals surface area (Å²) in [4.78, 5) is 18.7. The number of ether oxygens (including phenoxy) is 1. The van der Waals surface area contributed by atoms with Crippen molar-refractivity contribution in [2.75, 3.05) is 25.0 Å². The third-order valence-corrected chi connectivity index (χ3v) is 4.36. The summed E-state index contributed by atoms with van der Waals surface area (Å²) in [7, 11) is 0. The molecule has 0 radical (unpaired) electrons. The number of nitrogens with one attached hydrogen (secondary N) is 1. The van der Waals surface area contributed by atoms with Gasteiger partial charge >= 0.3 is 6.03 Å². The monoisotopic (exact) mass is 339 g/mol. The molecule has 0 unspecified atom stereocenters. The molecule has 1 saturated heterocycles. The molecule has 1 aliphatic rings. The Bertz CT molecular complexity index is 668. The van der Waals surface area contributed by atoms with E-state index < -0.39 is 0 Å². The highest BCUT2D eigenvalue weighted by Gasteiger charge is 2.16. The zero-order chi connectivity index (χ0) is 17.3. The van der Waals surface area contributed by atoms with Gasteiger partial charge in [0, 0.05) is 31.4 Å². The highest BCUT2D eigenvalue weighted by molar-refractivity contribution is 5.91. The summed E-state index contributed by atoms with van der Waals surface area (Å²) in [6, 6.07) is 13.4. The lowest BCUT2D eigenvalue weighted by molar-refractivity contribution is 0.213. The first-order valence-corrected chi connectivity index (χ1v) is 9.00. The van der Waals surface area contributed by atoms with Crippen LogP contribution in [0.2, 0.25) is 0 Å². The molecule has 0 atom stereocenters. The van der Waals surface area contributed by atoms with E-state index in [0.29, 0.717) is 12.4 Å². The van der Waals surface area contributed by atoms with Crippen LogP contribution in [0.4, 0.5) is 10.5 Å². The number of aromatic nitrogens is 1. The van der Waals surface area contributed by atoms with E-state index in [1.807, 2.05) is 47.4 Å². The lowest BCUT2D eigenvalue weighted by Gasteiger charge is -2.21. The molecule has 1 aromatic carbocycles. The number of benzene rings is 1. The molecule has 25 heavy (non-hydrogen) atoms. The first kappa shape index (κ1) is 17.3. The van der Waals surface area contributed by atoms with Crippen molar-refractivity contribution in [1.29, 1.82) is 0 Å². The van der Waals surface area contributed by atoms with Crippen molar-refractivity contribution in [3.05, 3.63) is 54.4 Å².